The van der Waals surface area contributed by atoms with E-state index in [-0.39, 0.29) is 16.7 Å². The maximum Gasteiger partial charge on any atom is 0.387 e. The molecular formula is C19H19F2NO2. The van der Waals surface area contributed by atoms with Crippen LogP contribution >= 0.6 is 0 Å². The molecule has 0 heterocycles. The first-order valence-corrected chi connectivity index (χ1v) is 7.98. The van der Waals surface area contributed by atoms with Gasteiger partial charge in [-0.05, 0) is 30.5 Å². The van der Waals surface area contributed by atoms with Gasteiger partial charge in [-0.3, -0.25) is 4.79 Å². The number of amides is 1. The molecule has 0 spiro atoms. The summed E-state index contributed by atoms with van der Waals surface area (Å²) in [6, 6.07) is 16.1. The van der Waals surface area contributed by atoms with Gasteiger partial charge in [-0.15, -0.1) is 0 Å². The van der Waals surface area contributed by atoms with E-state index >= 15 is 0 Å². The molecule has 1 aliphatic carbocycles. The molecule has 0 radical (unpaired) electrons. The average Bonchev–Trinajstić information content (AvgIpc) is 2.54. The summed E-state index contributed by atoms with van der Waals surface area (Å²) >= 11 is 0. The van der Waals surface area contributed by atoms with Crippen molar-refractivity contribution in [1.29, 1.82) is 0 Å². The first-order valence-electron chi connectivity index (χ1n) is 7.98. The van der Waals surface area contributed by atoms with E-state index in [2.05, 4.69) is 22.2 Å². The van der Waals surface area contributed by atoms with Crippen LogP contribution < -0.4 is 10.1 Å². The van der Waals surface area contributed by atoms with Crippen molar-refractivity contribution in [2.75, 3.05) is 6.54 Å². The van der Waals surface area contributed by atoms with Crippen LogP contribution in [0.25, 0.3) is 0 Å². The van der Waals surface area contributed by atoms with Crippen LogP contribution in [0.2, 0.25) is 0 Å². The molecule has 0 aromatic heterocycles. The normalized spacial score (nSPS) is 15.6. The molecule has 1 aliphatic rings. The van der Waals surface area contributed by atoms with E-state index in [1.54, 1.807) is 12.1 Å². The summed E-state index contributed by atoms with van der Waals surface area (Å²) in [5.41, 5.74) is 1.27. The van der Waals surface area contributed by atoms with Crippen LogP contribution in [0.3, 0.4) is 0 Å². The molecule has 0 saturated heterocycles. The monoisotopic (exact) mass is 331 g/mol. The van der Waals surface area contributed by atoms with Gasteiger partial charge in [0, 0.05) is 12.0 Å². The van der Waals surface area contributed by atoms with Crippen molar-refractivity contribution < 1.29 is 18.3 Å². The number of ether oxygens (including phenoxy) is 1. The molecule has 2 aromatic rings. The lowest BCUT2D eigenvalue weighted by Crippen LogP contribution is -2.45. The van der Waals surface area contributed by atoms with Crippen molar-refractivity contribution in [2.45, 2.75) is 31.3 Å². The van der Waals surface area contributed by atoms with Crippen LogP contribution in [0.1, 0.15) is 35.2 Å². The van der Waals surface area contributed by atoms with Gasteiger partial charge in [0.1, 0.15) is 5.75 Å². The molecular weight excluding hydrogens is 312 g/mol. The Morgan fingerprint density at radius 2 is 1.75 bits per heavy atom. The van der Waals surface area contributed by atoms with Gasteiger partial charge in [-0.25, -0.2) is 0 Å². The zero-order valence-corrected chi connectivity index (χ0v) is 13.2. The molecule has 126 valence electrons. The number of nitrogens with one attached hydrogen (secondary N) is 1. The first-order chi connectivity index (χ1) is 11.6. The van der Waals surface area contributed by atoms with Gasteiger partial charge >= 0.3 is 6.61 Å². The van der Waals surface area contributed by atoms with Gasteiger partial charge in [-0.1, -0.05) is 48.9 Å². The van der Waals surface area contributed by atoms with Crippen molar-refractivity contribution >= 4 is 5.91 Å². The highest BCUT2D eigenvalue weighted by Gasteiger charge is 2.38. The minimum atomic E-state index is -2.96. The maximum absolute atomic E-state index is 12.5. The Balaban J connectivity index is 1.72. The predicted octanol–water partition coefficient (Wildman–Crippen LogP) is 4.14. The van der Waals surface area contributed by atoms with Crippen molar-refractivity contribution in [3.05, 3.63) is 65.7 Å². The first kappa shape index (κ1) is 16.4. The quantitative estimate of drug-likeness (QED) is 0.864. The summed E-state index contributed by atoms with van der Waals surface area (Å²) in [6.45, 7) is -2.47. The van der Waals surface area contributed by atoms with Crippen molar-refractivity contribution in [2.24, 2.45) is 0 Å². The van der Waals surface area contributed by atoms with E-state index < -0.39 is 12.5 Å². The van der Waals surface area contributed by atoms with Crippen LogP contribution in [-0.2, 0) is 5.41 Å². The molecule has 0 atom stereocenters. The van der Waals surface area contributed by atoms with Gasteiger partial charge in [0.2, 0.25) is 0 Å². The molecule has 1 N–H and O–H groups in total. The molecule has 1 amide bonds. The second-order valence-electron chi connectivity index (χ2n) is 6.06. The maximum atomic E-state index is 12.5. The molecule has 1 fully saturated rings. The van der Waals surface area contributed by atoms with E-state index in [0.717, 1.165) is 19.3 Å². The Bertz CT molecular complexity index is 700. The third-order valence-electron chi connectivity index (χ3n) is 4.63. The number of para-hydroxylation sites is 1. The van der Waals surface area contributed by atoms with Gasteiger partial charge in [-0.2, -0.15) is 8.78 Å². The molecule has 0 bridgehead atoms. The lowest BCUT2D eigenvalue weighted by atomic mass is 9.64. The number of halogens is 2. The average molecular weight is 331 g/mol. The van der Waals surface area contributed by atoms with Gasteiger partial charge < -0.3 is 10.1 Å². The summed E-state index contributed by atoms with van der Waals surface area (Å²) in [7, 11) is 0. The third-order valence-corrected chi connectivity index (χ3v) is 4.63. The van der Waals surface area contributed by atoms with E-state index in [1.807, 2.05) is 18.2 Å². The molecule has 0 aliphatic heterocycles. The zero-order chi connectivity index (χ0) is 17.0. The Kier molecular flexibility index (Phi) is 4.79. The number of carbonyl (C=O) groups excluding carboxylic acids is 1. The summed E-state index contributed by atoms with van der Waals surface area (Å²) < 4.78 is 29.4. The Morgan fingerprint density at radius 3 is 2.38 bits per heavy atom. The Labute approximate surface area is 139 Å². The summed E-state index contributed by atoms with van der Waals surface area (Å²) in [4.78, 5) is 12.4. The predicted molar refractivity (Wildman–Crippen MR) is 87.4 cm³/mol. The SMILES string of the molecule is O=C(NCC1(c2ccccc2)CCC1)c1ccccc1OC(F)F. The van der Waals surface area contributed by atoms with Crippen LogP contribution in [0.5, 0.6) is 5.75 Å². The molecule has 2 aromatic carbocycles. The molecule has 3 nitrogen and oxygen atoms in total. The second kappa shape index (κ2) is 6.99. The fourth-order valence-corrected chi connectivity index (χ4v) is 3.16. The summed E-state index contributed by atoms with van der Waals surface area (Å²) in [5.74, 6) is -0.499. The topological polar surface area (TPSA) is 38.3 Å². The third kappa shape index (κ3) is 3.40. The molecule has 1 saturated carbocycles. The van der Waals surface area contributed by atoms with E-state index in [4.69, 9.17) is 0 Å². The second-order valence-corrected chi connectivity index (χ2v) is 6.06. The lowest BCUT2D eigenvalue weighted by Gasteiger charge is -2.42. The Morgan fingerprint density at radius 1 is 1.08 bits per heavy atom. The fourth-order valence-electron chi connectivity index (χ4n) is 3.16. The minimum absolute atomic E-state index is 0.0601. The number of carbonyl (C=O) groups is 1. The Hall–Kier alpha value is -2.43. The number of alkyl halides is 2. The summed E-state index contributed by atoms with van der Waals surface area (Å²) in [5, 5.41) is 2.89. The van der Waals surface area contributed by atoms with Crippen LogP contribution in [0.15, 0.2) is 54.6 Å². The molecule has 0 unspecified atom stereocenters. The van der Waals surface area contributed by atoms with Gasteiger partial charge in [0.05, 0.1) is 5.56 Å². The molecule has 5 heteroatoms. The summed E-state index contributed by atoms with van der Waals surface area (Å²) in [6.07, 6.45) is 3.13. The van der Waals surface area contributed by atoms with Gasteiger partial charge in [0.25, 0.3) is 5.91 Å². The number of rotatable bonds is 6. The molecule has 3 rings (SSSR count). The van der Waals surface area contributed by atoms with E-state index in [0.29, 0.717) is 6.54 Å². The van der Waals surface area contributed by atoms with Crippen molar-refractivity contribution in [3.63, 3.8) is 0 Å². The number of benzene rings is 2. The highest BCUT2D eigenvalue weighted by atomic mass is 19.3. The van der Waals surface area contributed by atoms with E-state index in [1.165, 1.54) is 17.7 Å². The largest absolute Gasteiger partial charge is 0.434 e. The fraction of sp³-hybridized carbons (Fsp3) is 0.316. The lowest BCUT2D eigenvalue weighted by molar-refractivity contribution is -0.0501. The van der Waals surface area contributed by atoms with Crippen LogP contribution in [0.4, 0.5) is 8.78 Å². The standard InChI is InChI=1S/C19H19F2NO2/c20-18(21)24-16-10-5-4-9-15(16)17(23)22-13-19(11-6-12-19)14-7-2-1-3-8-14/h1-5,7-10,18H,6,11-13H2,(H,22,23). The van der Waals surface area contributed by atoms with E-state index in [9.17, 15) is 13.6 Å². The minimum Gasteiger partial charge on any atom is -0.434 e. The zero-order valence-electron chi connectivity index (χ0n) is 13.2. The number of hydrogen-bond acceptors (Lipinski definition) is 2. The van der Waals surface area contributed by atoms with Crippen LogP contribution in [0, 0.1) is 0 Å². The molecule has 24 heavy (non-hydrogen) atoms. The van der Waals surface area contributed by atoms with Crippen LogP contribution in [-0.4, -0.2) is 19.1 Å². The smallest absolute Gasteiger partial charge is 0.387 e. The van der Waals surface area contributed by atoms with Gasteiger partial charge in [0.15, 0.2) is 0 Å². The number of hydrogen-bond donors (Lipinski definition) is 1. The van der Waals surface area contributed by atoms with Crippen molar-refractivity contribution in [3.8, 4) is 5.75 Å². The van der Waals surface area contributed by atoms with Crippen molar-refractivity contribution in [1.82, 2.24) is 5.32 Å². The highest BCUT2D eigenvalue weighted by molar-refractivity contribution is 5.97. The highest BCUT2D eigenvalue weighted by Crippen LogP contribution is 2.43.